The van der Waals surface area contributed by atoms with Crippen molar-refractivity contribution in [3.8, 4) is 11.1 Å². The molecule has 0 unspecified atom stereocenters. The summed E-state index contributed by atoms with van der Waals surface area (Å²) in [4.78, 5) is 14.6. The average molecular weight is 623 g/mol. The van der Waals surface area contributed by atoms with Gasteiger partial charge < -0.3 is 19.5 Å². The summed E-state index contributed by atoms with van der Waals surface area (Å²) in [5.74, 6) is 0.0105. The first kappa shape index (κ1) is 26.4. The number of benzene rings is 4. The van der Waals surface area contributed by atoms with Gasteiger partial charge in [-0.1, -0.05) is 100.0 Å². The molecule has 198 valence electrons. The molecule has 1 amide bonds. The smallest absolute Gasteiger partial charge is 0.407 e. The second kappa shape index (κ2) is 11.7. The number of hydrogen-bond acceptors (Lipinski definition) is 5. The Labute approximate surface area is 244 Å². The van der Waals surface area contributed by atoms with E-state index in [9.17, 15) is 4.79 Å². The van der Waals surface area contributed by atoms with Gasteiger partial charge in [-0.2, -0.15) is 0 Å². The van der Waals surface area contributed by atoms with E-state index < -0.39 is 12.4 Å². The van der Waals surface area contributed by atoms with Gasteiger partial charge in [0.15, 0.2) is 6.29 Å². The van der Waals surface area contributed by atoms with Gasteiger partial charge in [0, 0.05) is 32.3 Å². The lowest BCUT2D eigenvalue weighted by Gasteiger charge is -2.18. The molecule has 2 aliphatic rings. The lowest BCUT2D eigenvalue weighted by Crippen LogP contribution is -2.26. The summed E-state index contributed by atoms with van der Waals surface area (Å²) in [6.45, 7) is 1.66. The van der Waals surface area contributed by atoms with E-state index in [2.05, 4.69) is 45.5 Å². The van der Waals surface area contributed by atoms with Crippen molar-refractivity contribution in [2.24, 2.45) is 0 Å². The van der Waals surface area contributed by atoms with Crippen molar-refractivity contribution in [2.45, 2.75) is 28.5 Å². The summed E-state index contributed by atoms with van der Waals surface area (Å²) in [7, 11) is 0. The zero-order valence-corrected chi connectivity index (χ0v) is 24.0. The third-order valence-electron chi connectivity index (χ3n) is 6.87. The first-order chi connectivity index (χ1) is 19.1. The number of fused-ring (bicyclic) bond motifs is 3. The molecule has 1 saturated heterocycles. The van der Waals surface area contributed by atoms with Crippen LogP contribution in [0.2, 0.25) is 5.02 Å². The van der Waals surface area contributed by atoms with Crippen LogP contribution in [0.1, 0.15) is 34.5 Å². The summed E-state index contributed by atoms with van der Waals surface area (Å²) in [5, 5.41) is 3.52. The van der Waals surface area contributed by atoms with Crippen LogP contribution in [0.5, 0.6) is 0 Å². The molecular formula is C31H25BrClNO4S. The van der Waals surface area contributed by atoms with Crippen LogP contribution in [0.3, 0.4) is 0 Å². The van der Waals surface area contributed by atoms with Gasteiger partial charge in [0.1, 0.15) is 6.61 Å². The van der Waals surface area contributed by atoms with Crippen LogP contribution in [0.15, 0.2) is 99.2 Å². The van der Waals surface area contributed by atoms with E-state index in [4.69, 9.17) is 25.8 Å². The Hall–Kier alpha value is -2.81. The molecule has 1 aliphatic heterocycles. The highest BCUT2D eigenvalue weighted by Crippen LogP contribution is 2.45. The van der Waals surface area contributed by atoms with E-state index in [1.54, 1.807) is 0 Å². The predicted octanol–water partition coefficient (Wildman–Crippen LogP) is 8.34. The molecule has 4 aromatic carbocycles. The summed E-state index contributed by atoms with van der Waals surface area (Å²) in [6.07, 6.45) is -0.889. The second-order valence-corrected chi connectivity index (χ2v) is 11.6. The third-order valence-corrected chi connectivity index (χ3v) is 9.07. The summed E-state index contributed by atoms with van der Waals surface area (Å²) >= 11 is 11.7. The highest BCUT2D eigenvalue weighted by molar-refractivity contribution is 9.10. The zero-order valence-electron chi connectivity index (χ0n) is 20.9. The van der Waals surface area contributed by atoms with E-state index in [1.165, 1.54) is 34.0 Å². The fourth-order valence-electron chi connectivity index (χ4n) is 5.07. The SMILES string of the molecule is O=C(NCc1cccc(Cl)c1Sc1ccc(Br)cc1C1OCCO1)OCC1c2ccccc2-c2ccccc21. The summed E-state index contributed by atoms with van der Waals surface area (Å²) < 4.78 is 18.2. The standard InChI is InChI=1S/C31H25BrClNO4S/c32-20-12-13-28(25(16-20)30-36-14-15-37-30)39-29-19(6-5-11-27(29)33)17-34-31(35)38-18-26-23-9-3-1-7-21(23)22-8-2-4-10-24(22)26/h1-13,16,26,30H,14-15,17-18H2,(H,34,35). The van der Waals surface area contributed by atoms with E-state index in [-0.39, 0.29) is 19.1 Å². The van der Waals surface area contributed by atoms with Crippen LogP contribution in [0.25, 0.3) is 11.1 Å². The van der Waals surface area contributed by atoms with Gasteiger partial charge in [-0.25, -0.2) is 4.79 Å². The maximum atomic E-state index is 12.8. The van der Waals surface area contributed by atoms with Crippen molar-refractivity contribution in [2.75, 3.05) is 19.8 Å². The Morgan fingerprint density at radius 2 is 1.62 bits per heavy atom. The van der Waals surface area contributed by atoms with Crippen molar-refractivity contribution in [3.63, 3.8) is 0 Å². The van der Waals surface area contributed by atoms with E-state index in [1.807, 2.05) is 60.7 Å². The molecule has 0 aromatic heterocycles. The van der Waals surface area contributed by atoms with Gasteiger partial charge in [0.2, 0.25) is 0 Å². The van der Waals surface area contributed by atoms with Crippen LogP contribution in [-0.4, -0.2) is 25.9 Å². The lowest BCUT2D eigenvalue weighted by atomic mass is 9.98. The van der Waals surface area contributed by atoms with Gasteiger partial charge in [-0.05, 0) is 52.1 Å². The molecule has 1 aliphatic carbocycles. The van der Waals surface area contributed by atoms with Gasteiger partial charge >= 0.3 is 6.09 Å². The maximum Gasteiger partial charge on any atom is 0.407 e. The van der Waals surface area contributed by atoms with Gasteiger partial charge in [0.05, 0.1) is 18.2 Å². The Morgan fingerprint density at radius 3 is 2.33 bits per heavy atom. The van der Waals surface area contributed by atoms with Crippen molar-refractivity contribution in [3.05, 3.63) is 117 Å². The van der Waals surface area contributed by atoms with Crippen LogP contribution in [0, 0.1) is 0 Å². The molecule has 8 heteroatoms. The average Bonchev–Trinajstić information content (AvgIpc) is 3.60. The molecule has 1 fully saturated rings. The second-order valence-electron chi connectivity index (χ2n) is 9.26. The Morgan fingerprint density at radius 1 is 0.923 bits per heavy atom. The molecule has 1 N–H and O–H groups in total. The van der Waals surface area contributed by atoms with Crippen molar-refractivity contribution in [1.82, 2.24) is 5.32 Å². The minimum atomic E-state index is -0.468. The number of carbonyl (C=O) groups is 1. The minimum Gasteiger partial charge on any atom is -0.449 e. The lowest BCUT2D eigenvalue weighted by molar-refractivity contribution is -0.0460. The van der Waals surface area contributed by atoms with Gasteiger partial charge in [-0.15, -0.1) is 0 Å². The highest BCUT2D eigenvalue weighted by Gasteiger charge is 2.29. The van der Waals surface area contributed by atoms with E-state index in [0.717, 1.165) is 25.4 Å². The molecule has 0 spiro atoms. The van der Waals surface area contributed by atoms with Crippen molar-refractivity contribution < 1.29 is 19.0 Å². The fourth-order valence-corrected chi connectivity index (χ4v) is 6.82. The maximum absolute atomic E-state index is 12.8. The summed E-state index contributed by atoms with van der Waals surface area (Å²) in [6, 6.07) is 28.3. The Bertz CT molecular complexity index is 1480. The molecule has 0 bridgehead atoms. The quantitative estimate of drug-likeness (QED) is 0.225. The third kappa shape index (κ3) is 5.60. The van der Waals surface area contributed by atoms with E-state index >= 15 is 0 Å². The first-order valence-corrected chi connectivity index (χ1v) is 14.6. The number of ether oxygens (including phenoxy) is 3. The number of amides is 1. The molecule has 6 rings (SSSR count). The van der Waals surface area contributed by atoms with Gasteiger partial charge in [-0.3, -0.25) is 0 Å². The Kier molecular flexibility index (Phi) is 7.95. The van der Waals surface area contributed by atoms with Crippen LogP contribution >= 0.6 is 39.3 Å². The van der Waals surface area contributed by atoms with Crippen LogP contribution in [-0.2, 0) is 20.8 Å². The number of rotatable bonds is 7. The number of alkyl carbamates (subject to hydrolysis) is 1. The Balaban J connectivity index is 1.14. The largest absolute Gasteiger partial charge is 0.449 e. The number of hydrogen-bond donors (Lipinski definition) is 1. The van der Waals surface area contributed by atoms with Crippen molar-refractivity contribution >= 4 is 45.4 Å². The zero-order chi connectivity index (χ0) is 26.8. The van der Waals surface area contributed by atoms with Crippen molar-refractivity contribution in [1.29, 1.82) is 0 Å². The molecular weight excluding hydrogens is 598 g/mol. The monoisotopic (exact) mass is 621 g/mol. The topological polar surface area (TPSA) is 56.8 Å². The molecule has 1 heterocycles. The van der Waals surface area contributed by atoms with Crippen LogP contribution in [0.4, 0.5) is 4.79 Å². The first-order valence-electron chi connectivity index (χ1n) is 12.7. The normalized spacial score (nSPS) is 14.7. The highest BCUT2D eigenvalue weighted by atomic mass is 79.9. The number of halogens is 2. The number of nitrogens with one attached hydrogen (secondary N) is 1. The minimum absolute atomic E-state index is 0.0105. The molecule has 5 nitrogen and oxygen atoms in total. The predicted molar refractivity (Wildman–Crippen MR) is 156 cm³/mol. The molecule has 4 aromatic rings. The van der Waals surface area contributed by atoms with Crippen LogP contribution < -0.4 is 5.32 Å². The fraction of sp³-hybridized carbons (Fsp3) is 0.194. The number of carbonyl (C=O) groups excluding carboxylic acids is 1. The molecule has 0 saturated carbocycles. The van der Waals surface area contributed by atoms with Gasteiger partial charge in [0.25, 0.3) is 0 Å². The molecule has 0 atom stereocenters. The summed E-state index contributed by atoms with van der Waals surface area (Å²) in [5.41, 5.74) is 6.58. The molecule has 0 radical (unpaired) electrons. The van der Waals surface area contributed by atoms with E-state index in [0.29, 0.717) is 18.2 Å². The molecule has 39 heavy (non-hydrogen) atoms.